The van der Waals surface area contributed by atoms with Crippen molar-refractivity contribution in [2.45, 2.75) is 0 Å². The van der Waals surface area contributed by atoms with Crippen LogP contribution >= 0.6 is 11.3 Å². The Kier molecular flexibility index (Phi) is 6.32. The summed E-state index contributed by atoms with van der Waals surface area (Å²) < 4.78 is 2.42. The molecule has 8 aromatic rings. The topological polar surface area (TPSA) is 38.7 Å². The Hall–Kier alpha value is -5.45. The number of hydrogen-bond donors (Lipinski definition) is 0. The summed E-state index contributed by atoms with van der Waals surface area (Å²) in [6.07, 6.45) is 0. The van der Waals surface area contributed by atoms with E-state index in [1.165, 1.54) is 31.3 Å². The van der Waals surface area contributed by atoms with Gasteiger partial charge in [0.1, 0.15) is 0 Å². The van der Waals surface area contributed by atoms with Crippen molar-refractivity contribution in [3.8, 4) is 56.4 Å². The molecule has 0 atom stereocenters. The van der Waals surface area contributed by atoms with E-state index in [9.17, 15) is 0 Å². The molecule has 0 saturated carbocycles. The lowest BCUT2D eigenvalue weighted by Crippen LogP contribution is -2.01. The van der Waals surface area contributed by atoms with Crippen LogP contribution in [0.15, 0.2) is 152 Å². The molecule has 43 heavy (non-hydrogen) atoms. The normalized spacial score (nSPS) is 11.3. The maximum Gasteiger partial charge on any atom is 0.166 e. The molecule has 2 aromatic heterocycles. The zero-order valence-corrected chi connectivity index (χ0v) is 24.0. The van der Waals surface area contributed by atoms with Gasteiger partial charge in [-0.15, -0.1) is 11.3 Å². The van der Waals surface area contributed by atoms with Crippen LogP contribution in [0.3, 0.4) is 0 Å². The Morgan fingerprint density at radius 3 is 1.47 bits per heavy atom. The van der Waals surface area contributed by atoms with Crippen LogP contribution in [-0.2, 0) is 0 Å². The van der Waals surface area contributed by atoms with Crippen LogP contribution in [0.25, 0.3) is 76.6 Å². The summed E-state index contributed by atoms with van der Waals surface area (Å²) in [5.74, 6) is 1.99. The Morgan fingerprint density at radius 2 is 0.837 bits per heavy atom. The van der Waals surface area contributed by atoms with E-state index in [-0.39, 0.29) is 0 Å². The third-order valence-electron chi connectivity index (χ3n) is 7.77. The molecule has 2 heterocycles. The summed E-state index contributed by atoms with van der Waals surface area (Å²) in [6.45, 7) is 0. The smallest absolute Gasteiger partial charge is 0.166 e. The zero-order chi connectivity index (χ0) is 28.6. The summed E-state index contributed by atoms with van der Waals surface area (Å²) in [5.41, 5.74) is 7.56. The summed E-state index contributed by atoms with van der Waals surface area (Å²) in [6, 6.07) is 52.7. The third kappa shape index (κ3) is 4.68. The van der Waals surface area contributed by atoms with E-state index in [2.05, 4.69) is 109 Å². The van der Waals surface area contributed by atoms with Crippen LogP contribution in [-0.4, -0.2) is 15.0 Å². The van der Waals surface area contributed by atoms with Crippen molar-refractivity contribution in [2.24, 2.45) is 0 Å². The quantitative estimate of drug-likeness (QED) is 0.208. The fourth-order valence-corrected chi connectivity index (χ4v) is 6.89. The largest absolute Gasteiger partial charge is 0.208 e. The van der Waals surface area contributed by atoms with Crippen LogP contribution in [0.4, 0.5) is 0 Å². The fourth-order valence-electron chi connectivity index (χ4n) is 5.64. The molecule has 0 aliphatic heterocycles. The average Bonchev–Trinajstić information content (AvgIpc) is 3.48. The van der Waals surface area contributed by atoms with Crippen LogP contribution in [0.5, 0.6) is 0 Å². The Morgan fingerprint density at radius 1 is 0.349 bits per heavy atom. The molecule has 0 unspecified atom stereocenters. The van der Waals surface area contributed by atoms with Crippen molar-refractivity contribution in [2.75, 3.05) is 0 Å². The van der Waals surface area contributed by atoms with Crippen molar-refractivity contribution >= 4 is 31.5 Å². The zero-order valence-electron chi connectivity index (χ0n) is 23.2. The highest BCUT2D eigenvalue weighted by molar-refractivity contribution is 7.26. The maximum atomic E-state index is 5.16. The second-order valence-corrected chi connectivity index (χ2v) is 11.5. The molecule has 0 saturated heterocycles. The molecule has 0 radical (unpaired) electrons. The molecule has 4 heteroatoms. The number of benzene rings is 6. The van der Waals surface area contributed by atoms with Crippen molar-refractivity contribution in [1.82, 2.24) is 15.0 Å². The highest BCUT2D eigenvalue weighted by Gasteiger charge is 2.20. The number of nitrogens with zero attached hydrogens (tertiary/aromatic N) is 3. The summed E-state index contributed by atoms with van der Waals surface area (Å²) in [4.78, 5) is 15.3. The predicted molar refractivity (Wildman–Crippen MR) is 180 cm³/mol. The van der Waals surface area contributed by atoms with Gasteiger partial charge in [0.05, 0.1) is 0 Å². The minimum absolute atomic E-state index is 0.660. The summed E-state index contributed by atoms with van der Waals surface area (Å²) in [5, 5.41) is 2.46. The first-order chi connectivity index (χ1) is 21.3. The van der Waals surface area contributed by atoms with Gasteiger partial charge in [-0.05, 0) is 28.3 Å². The van der Waals surface area contributed by atoms with Crippen LogP contribution in [0, 0.1) is 0 Å². The standard InChI is InChI=1S/C39H25N3S/c1-4-12-26(13-5-1)27-20-22-28(23-21-27)31-24-25-33-32-18-10-11-19-34(32)43-36(33)35(31)39-41-37(29-14-6-2-7-15-29)40-38(42-39)30-16-8-3-9-17-30/h1-25H. The Bertz CT molecular complexity index is 2150. The number of thiophene rings is 1. The van der Waals surface area contributed by atoms with Crippen LogP contribution in [0.2, 0.25) is 0 Å². The molecular formula is C39H25N3S. The second-order valence-electron chi connectivity index (χ2n) is 10.4. The lowest BCUT2D eigenvalue weighted by atomic mass is 9.95. The van der Waals surface area contributed by atoms with Gasteiger partial charge < -0.3 is 0 Å². The first-order valence-corrected chi connectivity index (χ1v) is 15.1. The number of rotatable bonds is 5. The van der Waals surface area contributed by atoms with E-state index >= 15 is 0 Å². The van der Waals surface area contributed by atoms with Gasteiger partial charge >= 0.3 is 0 Å². The fraction of sp³-hybridized carbons (Fsp3) is 0. The molecule has 0 spiro atoms. The van der Waals surface area contributed by atoms with Gasteiger partial charge in [0.15, 0.2) is 17.5 Å². The van der Waals surface area contributed by atoms with E-state index in [4.69, 9.17) is 15.0 Å². The Labute approximate surface area is 253 Å². The van der Waals surface area contributed by atoms with Gasteiger partial charge in [-0.3, -0.25) is 0 Å². The molecule has 202 valence electrons. The molecule has 0 bridgehead atoms. The average molecular weight is 568 g/mol. The molecule has 0 amide bonds. The molecule has 0 fully saturated rings. The van der Waals surface area contributed by atoms with E-state index in [0.717, 1.165) is 27.8 Å². The lowest BCUT2D eigenvalue weighted by molar-refractivity contribution is 1.08. The van der Waals surface area contributed by atoms with E-state index in [1.807, 2.05) is 42.5 Å². The second kappa shape index (κ2) is 10.8. The van der Waals surface area contributed by atoms with Crippen molar-refractivity contribution in [3.05, 3.63) is 152 Å². The minimum atomic E-state index is 0.660. The first-order valence-electron chi connectivity index (χ1n) is 14.3. The number of fused-ring (bicyclic) bond motifs is 3. The van der Waals surface area contributed by atoms with Gasteiger partial charge in [-0.1, -0.05) is 146 Å². The van der Waals surface area contributed by atoms with Crippen molar-refractivity contribution < 1.29 is 0 Å². The number of aromatic nitrogens is 3. The molecule has 3 nitrogen and oxygen atoms in total. The van der Waals surface area contributed by atoms with Gasteiger partial charge in [0.2, 0.25) is 0 Å². The van der Waals surface area contributed by atoms with Gasteiger partial charge in [0, 0.05) is 36.9 Å². The van der Waals surface area contributed by atoms with Crippen LogP contribution in [0.1, 0.15) is 0 Å². The van der Waals surface area contributed by atoms with Gasteiger partial charge in [-0.25, -0.2) is 15.0 Å². The molecule has 0 N–H and O–H groups in total. The summed E-state index contributed by atoms with van der Waals surface area (Å²) >= 11 is 1.79. The molecule has 6 aromatic carbocycles. The number of hydrogen-bond acceptors (Lipinski definition) is 4. The van der Waals surface area contributed by atoms with Crippen molar-refractivity contribution in [3.63, 3.8) is 0 Å². The SMILES string of the molecule is c1ccc(-c2ccc(-c3ccc4c(sc5ccccc54)c3-c3nc(-c4ccccc4)nc(-c4ccccc4)n3)cc2)cc1. The summed E-state index contributed by atoms with van der Waals surface area (Å²) in [7, 11) is 0. The minimum Gasteiger partial charge on any atom is -0.208 e. The van der Waals surface area contributed by atoms with Gasteiger partial charge in [0.25, 0.3) is 0 Å². The predicted octanol–water partition coefficient (Wildman–Crippen LogP) is 10.6. The lowest BCUT2D eigenvalue weighted by Gasteiger charge is -2.14. The van der Waals surface area contributed by atoms with E-state index < -0.39 is 0 Å². The molecular weight excluding hydrogens is 543 g/mol. The van der Waals surface area contributed by atoms with Crippen molar-refractivity contribution in [1.29, 1.82) is 0 Å². The molecule has 8 rings (SSSR count). The molecule has 0 aliphatic rings. The highest BCUT2D eigenvalue weighted by Crippen LogP contribution is 2.44. The van der Waals surface area contributed by atoms with Gasteiger partial charge in [-0.2, -0.15) is 0 Å². The maximum absolute atomic E-state index is 5.16. The third-order valence-corrected chi connectivity index (χ3v) is 8.98. The first kappa shape index (κ1) is 25.3. The monoisotopic (exact) mass is 567 g/mol. The molecule has 0 aliphatic carbocycles. The Balaban J connectivity index is 1.40. The highest BCUT2D eigenvalue weighted by atomic mass is 32.1. The van der Waals surface area contributed by atoms with Crippen LogP contribution < -0.4 is 0 Å². The van der Waals surface area contributed by atoms with E-state index in [1.54, 1.807) is 11.3 Å². The van der Waals surface area contributed by atoms with E-state index in [0.29, 0.717) is 17.5 Å².